The van der Waals surface area contributed by atoms with Crippen LogP contribution in [0, 0.1) is 13.8 Å². The van der Waals surface area contributed by atoms with Crippen LogP contribution in [0.1, 0.15) is 51.9 Å². The minimum Gasteiger partial charge on any atom is -0.462 e. The summed E-state index contributed by atoms with van der Waals surface area (Å²) in [7, 11) is 0. The predicted octanol–water partition coefficient (Wildman–Crippen LogP) is 1.52. The van der Waals surface area contributed by atoms with Gasteiger partial charge in [0.2, 0.25) is 0 Å². The first-order valence-electron chi connectivity index (χ1n) is 8.49. The maximum Gasteiger partial charge on any atom is 0.407 e. The summed E-state index contributed by atoms with van der Waals surface area (Å²) in [5.74, 6) is -0.630. The molecule has 2 amide bonds. The van der Waals surface area contributed by atoms with Crippen molar-refractivity contribution < 1.29 is 23.9 Å². The number of piperidine rings is 1. The van der Waals surface area contributed by atoms with Crippen molar-refractivity contribution >= 4 is 18.0 Å². The zero-order valence-corrected chi connectivity index (χ0v) is 14.7. The molecule has 1 spiro atoms. The van der Waals surface area contributed by atoms with Gasteiger partial charge in [-0.2, -0.15) is 0 Å². The van der Waals surface area contributed by atoms with Crippen LogP contribution < -0.4 is 5.32 Å². The Morgan fingerprint density at radius 3 is 2.76 bits per heavy atom. The first-order valence-corrected chi connectivity index (χ1v) is 8.49. The number of carbonyl (C=O) groups excluding carboxylic acids is 3. The molecule has 0 aromatic carbocycles. The Morgan fingerprint density at radius 2 is 2.12 bits per heavy atom. The molecule has 2 fully saturated rings. The summed E-state index contributed by atoms with van der Waals surface area (Å²) in [6, 6.07) is 0. The molecule has 0 saturated carbocycles. The number of nitrogens with one attached hydrogen (secondary N) is 2. The minimum absolute atomic E-state index is 0.196. The monoisotopic (exact) mass is 349 g/mol. The van der Waals surface area contributed by atoms with Gasteiger partial charge in [-0.25, -0.2) is 9.59 Å². The summed E-state index contributed by atoms with van der Waals surface area (Å²) in [6.45, 7) is 6.84. The molecule has 1 aromatic heterocycles. The number of amides is 2. The van der Waals surface area contributed by atoms with E-state index in [1.54, 1.807) is 25.7 Å². The Kier molecular flexibility index (Phi) is 4.45. The van der Waals surface area contributed by atoms with Crippen molar-refractivity contribution in [2.75, 3.05) is 26.2 Å². The molecule has 0 radical (unpaired) electrons. The van der Waals surface area contributed by atoms with Crippen LogP contribution in [0.3, 0.4) is 0 Å². The number of ether oxygens (including phenoxy) is 2. The van der Waals surface area contributed by atoms with E-state index < -0.39 is 17.7 Å². The van der Waals surface area contributed by atoms with Crippen LogP contribution in [0.5, 0.6) is 0 Å². The third kappa shape index (κ3) is 3.08. The zero-order valence-electron chi connectivity index (χ0n) is 14.7. The number of carbonyl (C=O) groups is 3. The Morgan fingerprint density at radius 1 is 1.36 bits per heavy atom. The van der Waals surface area contributed by atoms with Crippen LogP contribution >= 0.6 is 0 Å². The van der Waals surface area contributed by atoms with Crippen LogP contribution in [0.25, 0.3) is 0 Å². The van der Waals surface area contributed by atoms with Gasteiger partial charge in [-0.1, -0.05) is 0 Å². The van der Waals surface area contributed by atoms with E-state index in [2.05, 4.69) is 10.3 Å². The Hall–Kier alpha value is -2.51. The molecule has 25 heavy (non-hydrogen) atoms. The van der Waals surface area contributed by atoms with Gasteiger partial charge in [-0.15, -0.1) is 0 Å². The Balaban J connectivity index is 1.82. The molecule has 3 rings (SSSR count). The highest BCUT2D eigenvalue weighted by Gasteiger charge is 2.45. The van der Waals surface area contributed by atoms with Crippen LogP contribution in [0.2, 0.25) is 0 Å². The third-order valence-corrected chi connectivity index (χ3v) is 4.82. The summed E-state index contributed by atoms with van der Waals surface area (Å²) in [4.78, 5) is 41.2. The van der Waals surface area contributed by atoms with Gasteiger partial charge in [0.1, 0.15) is 11.3 Å². The fourth-order valence-electron chi connectivity index (χ4n) is 3.63. The summed E-state index contributed by atoms with van der Waals surface area (Å²) in [5.41, 5.74) is 1.34. The molecule has 2 saturated heterocycles. The van der Waals surface area contributed by atoms with E-state index in [9.17, 15) is 14.4 Å². The van der Waals surface area contributed by atoms with Crippen LogP contribution in [-0.2, 0) is 9.47 Å². The van der Waals surface area contributed by atoms with E-state index in [1.165, 1.54) is 0 Å². The van der Waals surface area contributed by atoms with E-state index in [1.807, 2.05) is 0 Å². The number of esters is 1. The standard InChI is InChI=1S/C17H23N3O5/c1-4-24-15(22)12-10(2)13(19-11(12)3)14(21)20-7-5-6-17(9-20)8-18-16(23)25-17/h19H,4-9H2,1-3H3,(H,18,23). The normalized spacial score (nSPS) is 22.7. The van der Waals surface area contributed by atoms with Gasteiger partial charge in [-0.05, 0) is 39.2 Å². The van der Waals surface area contributed by atoms with E-state index >= 15 is 0 Å². The molecule has 3 heterocycles. The highest BCUT2D eigenvalue weighted by Crippen LogP contribution is 2.30. The smallest absolute Gasteiger partial charge is 0.407 e. The molecule has 2 aliphatic rings. The van der Waals surface area contributed by atoms with Gasteiger partial charge in [0.15, 0.2) is 0 Å². The molecule has 0 bridgehead atoms. The molecule has 2 N–H and O–H groups in total. The Bertz CT molecular complexity index is 726. The van der Waals surface area contributed by atoms with Crippen molar-refractivity contribution in [1.82, 2.24) is 15.2 Å². The number of H-pyrrole nitrogens is 1. The lowest BCUT2D eigenvalue weighted by Gasteiger charge is -2.38. The number of aromatic amines is 1. The van der Waals surface area contributed by atoms with Crippen molar-refractivity contribution in [2.45, 2.75) is 39.2 Å². The number of hydrogen-bond acceptors (Lipinski definition) is 5. The topological polar surface area (TPSA) is 101 Å². The fraction of sp³-hybridized carbons (Fsp3) is 0.588. The fourth-order valence-corrected chi connectivity index (χ4v) is 3.63. The number of rotatable bonds is 3. The molecule has 8 heteroatoms. The molecule has 0 aliphatic carbocycles. The van der Waals surface area contributed by atoms with Gasteiger partial charge in [0.25, 0.3) is 5.91 Å². The van der Waals surface area contributed by atoms with Crippen molar-refractivity contribution in [2.24, 2.45) is 0 Å². The third-order valence-electron chi connectivity index (χ3n) is 4.82. The predicted molar refractivity (Wildman–Crippen MR) is 88.6 cm³/mol. The number of likely N-dealkylation sites (tertiary alicyclic amines) is 1. The van der Waals surface area contributed by atoms with Gasteiger partial charge < -0.3 is 24.7 Å². The van der Waals surface area contributed by atoms with Crippen molar-refractivity contribution in [3.63, 3.8) is 0 Å². The number of aromatic nitrogens is 1. The SMILES string of the molecule is CCOC(=O)c1c(C)[nH]c(C(=O)N2CCCC3(CNC(=O)O3)C2)c1C. The average Bonchev–Trinajstić information content (AvgIpc) is 3.06. The molecule has 136 valence electrons. The second kappa shape index (κ2) is 6.42. The van der Waals surface area contributed by atoms with Crippen molar-refractivity contribution in [3.05, 3.63) is 22.5 Å². The molecule has 1 aromatic rings. The average molecular weight is 349 g/mol. The molecule has 2 aliphatic heterocycles. The van der Waals surface area contributed by atoms with E-state index in [-0.39, 0.29) is 12.5 Å². The lowest BCUT2D eigenvalue weighted by Crippen LogP contribution is -2.52. The summed E-state index contributed by atoms with van der Waals surface area (Å²) in [5, 5.41) is 2.66. The van der Waals surface area contributed by atoms with E-state index in [0.29, 0.717) is 42.1 Å². The number of nitrogens with zero attached hydrogens (tertiary/aromatic N) is 1. The van der Waals surface area contributed by atoms with Gasteiger partial charge >= 0.3 is 12.1 Å². The first-order chi connectivity index (χ1) is 11.9. The van der Waals surface area contributed by atoms with Crippen LogP contribution in [0.4, 0.5) is 4.79 Å². The van der Waals surface area contributed by atoms with Gasteiger partial charge in [-0.3, -0.25) is 4.79 Å². The molecule has 8 nitrogen and oxygen atoms in total. The van der Waals surface area contributed by atoms with Crippen molar-refractivity contribution in [3.8, 4) is 0 Å². The minimum atomic E-state index is -0.648. The number of hydrogen-bond donors (Lipinski definition) is 2. The Labute approximate surface area is 145 Å². The highest BCUT2D eigenvalue weighted by atomic mass is 16.6. The summed E-state index contributed by atoms with van der Waals surface area (Å²) >= 11 is 0. The maximum atomic E-state index is 13.0. The molecular formula is C17H23N3O5. The van der Waals surface area contributed by atoms with Gasteiger partial charge in [0.05, 0.1) is 25.3 Å². The second-order valence-corrected chi connectivity index (χ2v) is 6.60. The van der Waals surface area contributed by atoms with E-state index in [0.717, 1.165) is 12.8 Å². The van der Waals surface area contributed by atoms with Crippen molar-refractivity contribution in [1.29, 1.82) is 0 Å². The highest BCUT2D eigenvalue weighted by molar-refractivity contribution is 6.00. The lowest BCUT2D eigenvalue weighted by molar-refractivity contribution is -0.00525. The van der Waals surface area contributed by atoms with Crippen LogP contribution in [0.15, 0.2) is 0 Å². The van der Waals surface area contributed by atoms with Gasteiger partial charge in [0, 0.05) is 12.2 Å². The molecule has 1 atom stereocenters. The second-order valence-electron chi connectivity index (χ2n) is 6.60. The largest absolute Gasteiger partial charge is 0.462 e. The molecule has 1 unspecified atom stereocenters. The number of alkyl carbamates (subject to hydrolysis) is 1. The number of aryl methyl sites for hydroxylation is 1. The lowest BCUT2D eigenvalue weighted by atomic mass is 9.92. The quantitative estimate of drug-likeness (QED) is 0.806. The molecular weight excluding hydrogens is 326 g/mol. The summed E-state index contributed by atoms with van der Waals surface area (Å²) in [6.07, 6.45) is 1.04. The first kappa shape index (κ1) is 17.3. The maximum absolute atomic E-state index is 13.0. The van der Waals surface area contributed by atoms with Crippen LogP contribution in [-0.4, -0.2) is 59.7 Å². The zero-order chi connectivity index (χ0) is 18.2. The summed E-state index contributed by atoms with van der Waals surface area (Å²) < 4.78 is 10.5. The van der Waals surface area contributed by atoms with E-state index in [4.69, 9.17) is 9.47 Å².